The van der Waals surface area contributed by atoms with Crippen LogP contribution in [0.3, 0.4) is 0 Å². The fraction of sp³-hybridized carbons (Fsp3) is 0.105. The lowest BCUT2D eigenvalue weighted by atomic mass is 10.0. The summed E-state index contributed by atoms with van der Waals surface area (Å²) in [5, 5.41) is 17.5. The molecule has 0 fully saturated rings. The number of nitrogens with one attached hydrogen (secondary N) is 2. The Bertz CT molecular complexity index is 933. The van der Waals surface area contributed by atoms with Crippen molar-refractivity contribution < 1.29 is 9.72 Å². The number of nitrogens with zero attached hydrogens (tertiary/aromatic N) is 3. The van der Waals surface area contributed by atoms with E-state index in [2.05, 4.69) is 20.6 Å². The summed E-state index contributed by atoms with van der Waals surface area (Å²) in [5.41, 5.74) is 0.971. The zero-order chi connectivity index (χ0) is 19.1. The largest absolute Gasteiger partial charge is 0.378 e. The number of hydrogen-bond acceptors (Lipinski definition) is 7. The predicted molar refractivity (Wildman–Crippen MR) is 102 cm³/mol. The Hall–Kier alpha value is -3.81. The number of ketones is 1. The van der Waals surface area contributed by atoms with Gasteiger partial charge in [0.15, 0.2) is 5.78 Å². The van der Waals surface area contributed by atoms with Crippen molar-refractivity contribution in [2.75, 3.05) is 23.7 Å². The van der Waals surface area contributed by atoms with E-state index in [9.17, 15) is 14.9 Å². The normalized spacial score (nSPS) is 10.2. The molecule has 1 aromatic heterocycles. The van der Waals surface area contributed by atoms with Gasteiger partial charge < -0.3 is 10.6 Å². The molecule has 2 aromatic carbocycles. The number of nitro benzene ring substituents is 1. The van der Waals surface area contributed by atoms with Crippen molar-refractivity contribution in [3.8, 4) is 0 Å². The van der Waals surface area contributed by atoms with E-state index in [-0.39, 0.29) is 17.0 Å². The molecule has 0 aliphatic rings. The first kappa shape index (κ1) is 18.0. The van der Waals surface area contributed by atoms with Crippen molar-refractivity contribution in [3.05, 3.63) is 88.4 Å². The van der Waals surface area contributed by atoms with Gasteiger partial charge in [0.05, 0.1) is 11.1 Å². The second-order valence-corrected chi connectivity index (χ2v) is 5.63. The summed E-state index contributed by atoms with van der Waals surface area (Å²) in [5.74, 6) is 0.368. The van der Waals surface area contributed by atoms with E-state index >= 15 is 0 Å². The zero-order valence-corrected chi connectivity index (χ0v) is 14.3. The molecule has 0 spiro atoms. The van der Waals surface area contributed by atoms with E-state index in [0.717, 1.165) is 0 Å². The average molecular weight is 363 g/mol. The Labute approximate surface area is 155 Å². The van der Waals surface area contributed by atoms with Crippen LogP contribution in [0.1, 0.15) is 15.9 Å². The number of carbonyl (C=O) groups is 1. The van der Waals surface area contributed by atoms with Crippen LogP contribution in [0.25, 0.3) is 0 Å². The van der Waals surface area contributed by atoms with Crippen LogP contribution in [0.2, 0.25) is 0 Å². The van der Waals surface area contributed by atoms with Gasteiger partial charge in [0, 0.05) is 42.7 Å². The SMILES string of the molecule is O=C(c1ccccc1)c1ccc(NCCNc2cnccn2)c([N+](=O)[O-])c1. The molecule has 0 unspecified atom stereocenters. The number of anilines is 2. The van der Waals surface area contributed by atoms with Crippen molar-refractivity contribution in [1.29, 1.82) is 0 Å². The minimum Gasteiger partial charge on any atom is -0.378 e. The van der Waals surface area contributed by atoms with Crippen LogP contribution in [0, 0.1) is 10.1 Å². The highest BCUT2D eigenvalue weighted by molar-refractivity contribution is 6.09. The van der Waals surface area contributed by atoms with Crippen LogP contribution in [0.15, 0.2) is 67.1 Å². The summed E-state index contributed by atoms with van der Waals surface area (Å²) in [4.78, 5) is 31.4. The predicted octanol–water partition coefficient (Wildman–Crippen LogP) is 3.14. The van der Waals surface area contributed by atoms with Gasteiger partial charge in [-0.15, -0.1) is 0 Å². The van der Waals surface area contributed by atoms with E-state index < -0.39 is 4.92 Å². The molecule has 0 radical (unpaired) electrons. The number of nitro groups is 1. The van der Waals surface area contributed by atoms with Crippen LogP contribution in [-0.2, 0) is 0 Å². The van der Waals surface area contributed by atoms with Gasteiger partial charge in [0.1, 0.15) is 11.5 Å². The molecule has 0 atom stereocenters. The highest BCUT2D eigenvalue weighted by atomic mass is 16.6. The quantitative estimate of drug-likeness (QED) is 0.274. The van der Waals surface area contributed by atoms with Crippen LogP contribution in [-0.4, -0.2) is 33.8 Å². The topological polar surface area (TPSA) is 110 Å². The van der Waals surface area contributed by atoms with Gasteiger partial charge in [-0.2, -0.15) is 0 Å². The van der Waals surface area contributed by atoms with Gasteiger partial charge in [-0.25, -0.2) is 4.98 Å². The first-order valence-electron chi connectivity index (χ1n) is 8.27. The van der Waals surface area contributed by atoms with Crippen LogP contribution >= 0.6 is 0 Å². The Kier molecular flexibility index (Phi) is 5.68. The molecule has 0 aliphatic carbocycles. The van der Waals surface area contributed by atoms with E-state index in [4.69, 9.17) is 0 Å². The van der Waals surface area contributed by atoms with E-state index in [1.54, 1.807) is 61.1 Å². The third kappa shape index (κ3) is 4.63. The van der Waals surface area contributed by atoms with Crippen molar-refractivity contribution in [2.24, 2.45) is 0 Å². The van der Waals surface area contributed by atoms with Crippen molar-refractivity contribution in [3.63, 3.8) is 0 Å². The molecule has 0 saturated heterocycles. The standard InChI is InChI=1S/C19H17N5O3/c25-19(14-4-2-1-3-5-14)15-6-7-16(17(12-15)24(26)27)21-10-11-23-18-13-20-8-9-22-18/h1-9,12-13,21H,10-11H2,(H,22,23). The minimum atomic E-state index is -0.500. The molecule has 0 bridgehead atoms. The Balaban J connectivity index is 1.68. The average Bonchev–Trinajstić information content (AvgIpc) is 2.72. The number of hydrogen-bond donors (Lipinski definition) is 2. The van der Waals surface area contributed by atoms with Crippen LogP contribution in [0.5, 0.6) is 0 Å². The minimum absolute atomic E-state index is 0.142. The smallest absolute Gasteiger partial charge is 0.293 e. The second kappa shape index (κ2) is 8.52. The molecule has 1 heterocycles. The Morgan fingerprint density at radius 3 is 2.48 bits per heavy atom. The first-order chi connectivity index (χ1) is 13.1. The van der Waals surface area contributed by atoms with Crippen molar-refractivity contribution >= 4 is 23.0 Å². The lowest BCUT2D eigenvalue weighted by Gasteiger charge is -2.09. The molecule has 0 aliphatic heterocycles. The summed E-state index contributed by atoms with van der Waals surface area (Å²) < 4.78 is 0. The van der Waals surface area contributed by atoms with Gasteiger partial charge in [0.2, 0.25) is 0 Å². The van der Waals surface area contributed by atoms with E-state index in [1.165, 1.54) is 6.07 Å². The first-order valence-corrected chi connectivity index (χ1v) is 8.27. The molecule has 136 valence electrons. The molecule has 27 heavy (non-hydrogen) atoms. The summed E-state index contributed by atoms with van der Waals surface area (Å²) in [6.45, 7) is 0.934. The van der Waals surface area contributed by atoms with Crippen LogP contribution < -0.4 is 10.6 Å². The molecule has 3 aromatic rings. The zero-order valence-electron chi connectivity index (χ0n) is 14.3. The van der Waals surface area contributed by atoms with Gasteiger partial charge in [0.25, 0.3) is 5.69 Å². The summed E-state index contributed by atoms with van der Waals surface area (Å²) >= 11 is 0. The Morgan fingerprint density at radius 1 is 1.00 bits per heavy atom. The molecule has 2 N–H and O–H groups in total. The van der Waals surface area contributed by atoms with Gasteiger partial charge >= 0.3 is 0 Å². The number of rotatable bonds is 8. The van der Waals surface area contributed by atoms with Crippen LogP contribution in [0.4, 0.5) is 17.2 Å². The fourth-order valence-electron chi connectivity index (χ4n) is 2.51. The molecular formula is C19H17N5O3. The van der Waals surface area contributed by atoms with Crippen molar-refractivity contribution in [2.45, 2.75) is 0 Å². The second-order valence-electron chi connectivity index (χ2n) is 5.63. The highest BCUT2D eigenvalue weighted by Gasteiger charge is 2.18. The fourth-order valence-corrected chi connectivity index (χ4v) is 2.51. The lowest BCUT2D eigenvalue weighted by molar-refractivity contribution is -0.384. The molecule has 3 rings (SSSR count). The number of aromatic nitrogens is 2. The molecule has 8 nitrogen and oxygen atoms in total. The number of benzene rings is 2. The molecule has 0 amide bonds. The lowest BCUT2D eigenvalue weighted by Crippen LogP contribution is -2.15. The summed E-state index contributed by atoms with van der Waals surface area (Å²) in [7, 11) is 0. The van der Waals surface area contributed by atoms with E-state index in [0.29, 0.717) is 30.2 Å². The maximum absolute atomic E-state index is 12.5. The number of carbonyl (C=O) groups excluding carboxylic acids is 1. The van der Waals surface area contributed by atoms with Gasteiger partial charge in [-0.05, 0) is 12.1 Å². The Morgan fingerprint density at radius 2 is 1.78 bits per heavy atom. The van der Waals surface area contributed by atoms with E-state index in [1.807, 2.05) is 0 Å². The van der Waals surface area contributed by atoms with Crippen molar-refractivity contribution in [1.82, 2.24) is 9.97 Å². The maximum atomic E-state index is 12.5. The van der Waals surface area contributed by atoms with Gasteiger partial charge in [-0.3, -0.25) is 19.9 Å². The third-order valence-electron chi connectivity index (χ3n) is 3.80. The monoisotopic (exact) mass is 363 g/mol. The molecule has 8 heteroatoms. The third-order valence-corrected chi connectivity index (χ3v) is 3.80. The molecular weight excluding hydrogens is 346 g/mol. The summed E-state index contributed by atoms with van der Waals surface area (Å²) in [6.07, 6.45) is 4.74. The summed E-state index contributed by atoms with van der Waals surface area (Å²) in [6, 6.07) is 13.1. The maximum Gasteiger partial charge on any atom is 0.293 e. The highest BCUT2D eigenvalue weighted by Crippen LogP contribution is 2.26. The molecule has 0 saturated carbocycles. The van der Waals surface area contributed by atoms with Gasteiger partial charge in [-0.1, -0.05) is 30.3 Å².